The van der Waals surface area contributed by atoms with Crippen molar-refractivity contribution in [3.05, 3.63) is 58.3 Å². The lowest BCUT2D eigenvalue weighted by Crippen LogP contribution is -2.11. The second-order valence-corrected chi connectivity index (χ2v) is 4.36. The van der Waals surface area contributed by atoms with E-state index in [-0.39, 0.29) is 0 Å². The molecule has 0 spiro atoms. The first-order valence-corrected chi connectivity index (χ1v) is 5.67. The normalized spacial score (nSPS) is 10.3. The first-order valence-electron chi connectivity index (χ1n) is 4.87. The Balaban J connectivity index is 2.02. The number of nitrogens with one attached hydrogen (secondary N) is 1. The highest BCUT2D eigenvalue weighted by molar-refractivity contribution is 9.10. The molecule has 0 aliphatic rings. The van der Waals surface area contributed by atoms with E-state index in [0.717, 1.165) is 11.0 Å². The number of aryl methyl sites for hydroxylation is 1. The van der Waals surface area contributed by atoms with Gasteiger partial charge >= 0.3 is 0 Å². The van der Waals surface area contributed by atoms with Gasteiger partial charge in [-0.1, -0.05) is 28.1 Å². The van der Waals surface area contributed by atoms with Crippen LogP contribution in [0, 0.1) is 6.92 Å². The second kappa shape index (κ2) is 4.53. The summed E-state index contributed by atoms with van der Waals surface area (Å²) in [6, 6.07) is 10.4. The third-order valence-corrected chi connectivity index (χ3v) is 3.18. The van der Waals surface area contributed by atoms with Gasteiger partial charge in [0.05, 0.1) is 6.54 Å². The molecule has 2 aromatic rings. The van der Waals surface area contributed by atoms with E-state index in [4.69, 9.17) is 0 Å². The third-order valence-electron chi connectivity index (χ3n) is 2.29. The first kappa shape index (κ1) is 10.3. The Morgan fingerprint density at radius 2 is 2.00 bits per heavy atom. The lowest BCUT2D eigenvalue weighted by atomic mass is 10.1. The number of nitrogens with zero attached hydrogens (tertiary/aromatic N) is 1. The molecule has 0 saturated carbocycles. The van der Waals surface area contributed by atoms with Crippen molar-refractivity contribution in [3.63, 3.8) is 0 Å². The van der Waals surface area contributed by atoms with Crippen molar-refractivity contribution in [1.29, 1.82) is 0 Å². The summed E-state index contributed by atoms with van der Waals surface area (Å²) in [5, 5.41) is 0. The standard InChI is InChI=1S/C12H13BrN2/c1-10-8-11(4-5-12(10)13)9-14-15-6-2-3-7-15/h2-8,14H,9H2,1H3. The second-order valence-electron chi connectivity index (χ2n) is 3.51. The number of rotatable bonds is 3. The maximum Gasteiger partial charge on any atom is 0.0564 e. The van der Waals surface area contributed by atoms with Gasteiger partial charge < -0.3 is 5.43 Å². The topological polar surface area (TPSA) is 17.0 Å². The molecule has 1 aromatic heterocycles. The zero-order chi connectivity index (χ0) is 10.7. The fraction of sp³-hybridized carbons (Fsp3) is 0.167. The number of aromatic nitrogens is 1. The smallest absolute Gasteiger partial charge is 0.0564 e. The molecule has 0 aliphatic carbocycles. The monoisotopic (exact) mass is 264 g/mol. The van der Waals surface area contributed by atoms with Gasteiger partial charge in [-0.3, -0.25) is 4.68 Å². The molecule has 0 unspecified atom stereocenters. The lowest BCUT2D eigenvalue weighted by Gasteiger charge is -2.08. The van der Waals surface area contributed by atoms with Crippen molar-refractivity contribution in [1.82, 2.24) is 4.68 Å². The van der Waals surface area contributed by atoms with Gasteiger partial charge in [-0.25, -0.2) is 0 Å². The average molecular weight is 265 g/mol. The highest BCUT2D eigenvalue weighted by Crippen LogP contribution is 2.16. The molecule has 0 fully saturated rings. The van der Waals surface area contributed by atoms with Crippen LogP contribution in [-0.4, -0.2) is 4.68 Å². The van der Waals surface area contributed by atoms with Crippen LogP contribution >= 0.6 is 15.9 Å². The summed E-state index contributed by atoms with van der Waals surface area (Å²) < 4.78 is 3.12. The van der Waals surface area contributed by atoms with Gasteiger partial charge in [0.2, 0.25) is 0 Å². The van der Waals surface area contributed by atoms with Crippen molar-refractivity contribution in [2.75, 3.05) is 5.43 Å². The summed E-state index contributed by atoms with van der Waals surface area (Å²) >= 11 is 3.49. The number of halogens is 1. The van der Waals surface area contributed by atoms with Crippen LogP contribution in [0.15, 0.2) is 47.2 Å². The molecule has 1 heterocycles. The minimum atomic E-state index is 0.836. The van der Waals surface area contributed by atoms with Crippen molar-refractivity contribution >= 4 is 15.9 Å². The van der Waals surface area contributed by atoms with Crippen LogP contribution in [-0.2, 0) is 6.54 Å². The Bertz CT molecular complexity index is 435. The molecule has 1 aromatic carbocycles. The van der Waals surface area contributed by atoms with E-state index in [2.05, 4.69) is 46.5 Å². The van der Waals surface area contributed by atoms with E-state index in [9.17, 15) is 0 Å². The Morgan fingerprint density at radius 1 is 1.27 bits per heavy atom. The summed E-state index contributed by atoms with van der Waals surface area (Å²) in [5.41, 5.74) is 5.84. The van der Waals surface area contributed by atoms with Crippen molar-refractivity contribution in [2.24, 2.45) is 0 Å². The van der Waals surface area contributed by atoms with Crippen LogP contribution < -0.4 is 5.43 Å². The largest absolute Gasteiger partial charge is 0.322 e. The molecule has 0 atom stereocenters. The zero-order valence-electron chi connectivity index (χ0n) is 8.57. The molecular weight excluding hydrogens is 252 g/mol. The zero-order valence-corrected chi connectivity index (χ0v) is 10.2. The average Bonchev–Trinajstić information content (AvgIpc) is 2.73. The quantitative estimate of drug-likeness (QED) is 0.901. The Kier molecular flexibility index (Phi) is 3.11. The minimum Gasteiger partial charge on any atom is -0.322 e. The summed E-state index contributed by atoms with van der Waals surface area (Å²) in [6.07, 6.45) is 3.98. The van der Waals surface area contributed by atoms with Gasteiger partial charge in [0.15, 0.2) is 0 Å². The number of hydrogen-bond acceptors (Lipinski definition) is 1. The van der Waals surface area contributed by atoms with Gasteiger partial charge in [0, 0.05) is 16.9 Å². The fourth-order valence-electron chi connectivity index (χ4n) is 1.44. The van der Waals surface area contributed by atoms with E-state index in [1.54, 1.807) is 0 Å². The molecule has 0 saturated heterocycles. The van der Waals surface area contributed by atoms with E-state index >= 15 is 0 Å². The van der Waals surface area contributed by atoms with Crippen LogP contribution in [0.3, 0.4) is 0 Å². The molecule has 1 N–H and O–H groups in total. The maximum absolute atomic E-state index is 3.49. The van der Waals surface area contributed by atoms with Gasteiger partial charge in [0.1, 0.15) is 0 Å². The molecule has 0 radical (unpaired) electrons. The third kappa shape index (κ3) is 2.63. The van der Waals surface area contributed by atoms with Crippen LogP contribution in [0.1, 0.15) is 11.1 Å². The Hall–Kier alpha value is -1.22. The summed E-state index contributed by atoms with van der Waals surface area (Å²) in [4.78, 5) is 0. The minimum absolute atomic E-state index is 0.836. The van der Waals surface area contributed by atoms with Crippen LogP contribution in [0.4, 0.5) is 0 Å². The molecule has 0 bridgehead atoms. The van der Waals surface area contributed by atoms with Crippen molar-refractivity contribution < 1.29 is 0 Å². The van der Waals surface area contributed by atoms with E-state index in [1.807, 2.05) is 29.2 Å². The van der Waals surface area contributed by atoms with E-state index in [0.29, 0.717) is 0 Å². The fourth-order valence-corrected chi connectivity index (χ4v) is 1.69. The van der Waals surface area contributed by atoms with E-state index in [1.165, 1.54) is 11.1 Å². The molecule has 78 valence electrons. The Labute approximate surface area is 98.0 Å². The first-order chi connectivity index (χ1) is 7.25. The van der Waals surface area contributed by atoms with Crippen molar-refractivity contribution in [2.45, 2.75) is 13.5 Å². The Morgan fingerprint density at radius 3 is 2.67 bits per heavy atom. The molecule has 3 heteroatoms. The van der Waals surface area contributed by atoms with Crippen LogP contribution in [0.5, 0.6) is 0 Å². The van der Waals surface area contributed by atoms with E-state index < -0.39 is 0 Å². The van der Waals surface area contributed by atoms with Gasteiger partial charge in [-0.2, -0.15) is 0 Å². The molecule has 0 amide bonds. The number of hydrogen-bond donors (Lipinski definition) is 1. The van der Waals surface area contributed by atoms with Gasteiger partial charge in [-0.15, -0.1) is 0 Å². The highest BCUT2D eigenvalue weighted by atomic mass is 79.9. The summed E-state index contributed by atoms with van der Waals surface area (Å²) in [7, 11) is 0. The molecular formula is C12H13BrN2. The molecule has 0 aliphatic heterocycles. The van der Waals surface area contributed by atoms with Crippen molar-refractivity contribution in [3.8, 4) is 0 Å². The SMILES string of the molecule is Cc1cc(CNn2cccc2)ccc1Br. The van der Waals surface area contributed by atoms with Gasteiger partial charge in [-0.05, 0) is 36.2 Å². The number of benzene rings is 1. The predicted octanol–water partition coefficient (Wildman–Crippen LogP) is 3.30. The molecule has 2 nitrogen and oxygen atoms in total. The highest BCUT2D eigenvalue weighted by Gasteiger charge is 1.96. The van der Waals surface area contributed by atoms with Crippen LogP contribution in [0.25, 0.3) is 0 Å². The van der Waals surface area contributed by atoms with Gasteiger partial charge in [0.25, 0.3) is 0 Å². The summed E-state index contributed by atoms with van der Waals surface area (Å²) in [5.74, 6) is 0. The summed E-state index contributed by atoms with van der Waals surface area (Å²) in [6.45, 7) is 2.94. The lowest BCUT2D eigenvalue weighted by molar-refractivity contribution is 0.846. The molecule has 2 rings (SSSR count). The van der Waals surface area contributed by atoms with Crippen LogP contribution in [0.2, 0.25) is 0 Å². The molecule has 15 heavy (non-hydrogen) atoms. The maximum atomic E-state index is 3.49. The predicted molar refractivity (Wildman–Crippen MR) is 66.4 cm³/mol.